The summed E-state index contributed by atoms with van der Waals surface area (Å²) in [7, 11) is 3.25. The molecule has 132 valence electrons. The number of hydrogen-bond donors (Lipinski definition) is 0. The first-order chi connectivity index (χ1) is 12.2. The van der Waals surface area contributed by atoms with Gasteiger partial charge in [0.15, 0.2) is 11.5 Å². The van der Waals surface area contributed by atoms with Crippen molar-refractivity contribution in [3.05, 3.63) is 48.3 Å². The Labute approximate surface area is 152 Å². The van der Waals surface area contributed by atoms with E-state index in [0.717, 1.165) is 29.8 Å². The second-order valence-corrected chi connectivity index (χ2v) is 6.88. The van der Waals surface area contributed by atoms with Gasteiger partial charge >= 0.3 is 0 Å². The van der Waals surface area contributed by atoms with Crippen molar-refractivity contribution in [1.29, 1.82) is 0 Å². The summed E-state index contributed by atoms with van der Waals surface area (Å²) in [5.41, 5.74) is 1.09. The number of thioether (sulfide) groups is 1. The van der Waals surface area contributed by atoms with Gasteiger partial charge in [0.25, 0.3) is 0 Å². The van der Waals surface area contributed by atoms with Crippen LogP contribution < -0.4 is 9.47 Å². The predicted molar refractivity (Wildman–Crippen MR) is 98.2 cm³/mol. The van der Waals surface area contributed by atoms with E-state index in [0.29, 0.717) is 17.3 Å². The maximum Gasteiger partial charge on any atom is 0.233 e. The Hall–Kier alpha value is -2.21. The van der Waals surface area contributed by atoms with E-state index in [1.807, 2.05) is 35.2 Å². The lowest BCUT2D eigenvalue weighted by atomic mass is 10.0. The summed E-state index contributed by atoms with van der Waals surface area (Å²) < 4.78 is 10.7. The fourth-order valence-corrected chi connectivity index (χ4v) is 3.90. The zero-order valence-corrected chi connectivity index (χ0v) is 15.3. The molecule has 1 unspecified atom stereocenters. The molecule has 1 aliphatic heterocycles. The standard InChI is InChI=1S/C19H22N2O3S/c1-23-17-6-5-14(12-18(17)24-2)16-4-3-11-21(16)19(22)13-25-15-7-9-20-10-8-15/h5-10,12,16H,3-4,11,13H2,1-2H3. The Morgan fingerprint density at radius 2 is 1.96 bits per heavy atom. The molecule has 25 heavy (non-hydrogen) atoms. The first kappa shape index (κ1) is 17.6. The average Bonchev–Trinajstić information content (AvgIpc) is 3.16. The number of pyridine rings is 1. The van der Waals surface area contributed by atoms with Gasteiger partial charge < -0.3 is 14.4 Å². The number of ether oxygens (including phenoxy) is 2. The number of amides is 1. The van der Waals surface area contributed by atoms with Crippen molar-refractivity contribution in [2.75, 3.05) is 26.5 Å². The van der Waals surface area contributed by atoms with Gasteiger partial charge in [-0.1, -0.05) is 6.07 Å². The molecule has 0 bridgehead atoms. The predicted octanol–water partition coefficient (Wildman–Crippen LogP) is 3.55. The number of carbonyl (C=O) groups excluding carboxylic acids is 1. The lowest BCUT2D eigenvalue weighted by Gasteiger charge is -2.25. The molecule has 1 saturated heterocycles. The highest BCUT2D eigenvalue weighted by molar-refractivity contribution is 8.00. The largest absolute Gasteiger partial charge is 0.493 e. The van der Waals surface area contributed by atoms with Crippen LogP contribution >= 0.6 is 11.8 Å². The number of aromatic nitrogens is 1. The van der Waals surface area contributed by atoms with Crippen molar-refractivity contribution in [2.24, 2.45) is 0 Å². The minimum absolute atomic E-state index is 0.102. The van der Waals surface area contributed by atoms with Gasteiger partial charge in [0.05, 0.1) is 26.0 Å². The normalized spacial score (nSPS) is 16.7. The monoisotopic (exact) mass is 358 g/mol. The first-order valence-corrected chi connectivity index (χ1v) is 9.25. The van der Waals surface area contributed by atoms with E-state index in [9.17, 15) is 4.79 Å². The molecule has 1 amide bonds. The van der Waals surface area contributed by atoms with Crippen molar-refractivity contribution < 1.29 is 14.3 Å². The van der Waals surface area contributed by atoms with Crippen molar-refractivity contribution in [3.63, 3.8) is 0 Å². The summed E-state index contributed by atoms with van der Waals surface area (Å²) in [4.78, 5) is 19.8. The molecule has 6 heteroatoms. The average molecular weight is 358 g/mol. The lowest BCUT2D eigenvalue weighted by molar-refractivity contribution is -0.129. The molecule has 2 heterocycles. The number of nitrogens with zero attached hydrogens (tertiary/aromatic N) is 2. The van der Waals surface area contributed by atoms with Gasteiger partial charge in [0.1, 0.15) is 0 Å². The fourth-order valence-electron chi connectivity index (χ4n) is 3.13. The zero-order valence-electron chi connectivity index (χ0n) is 14.5. The zero-order chi connectivity index (χ0) is 17.6. The maximum absolute atomic E-state index is 12.7. The van der Waals surface area contributed by atoms with Gasteiger partial charge in [-0.15, -0.1) is 11.8 Å². The Bertz CT molecular complexity index is 724. The van der Waals surface area contributed by atoms with Gasteiger partial charge in [-0.3, -0.25) is 9.78 Å². The highest BCUT2D eigenvalue weighted by atomic mass is 32.2. The molecule has 1 fully saturated rings. The van der Waals surface area contributed by atoms with Crippen LogP contribution in [0.1, 0.15) is 24.4 Å². The number of carbonyl (C=O) groups is 1. The highest BCUT2D eigenvalue weighted by Crippen LogP contribution is 2.37. The van der Waals surface area contributed by atoms with E-state index in [1.54, 1.807) is 38.4 Å². The SMILES string of the molecule is COc1ccc(C2CCCN2C(=O)CSc2ccncc2)cc1OC. The van der Waals surface area contributed by atoms with Crippen LogP contribution in [0.2, 0.25) is 0 Å². The molecule has 1 aromatic carbocycles. The molecule has 0 saturated carbocycles. The molecule has 0 spiro atoms. The topological polar surface area (TPSA) is 51.7 Å². The number of benzene rings is 1. The van der Waals surface area contributed by atoms with Crippen LogP contribution in [0.3, 0.4) is 0 Å². The van der Waals surface area contributed by atoms with E-state index >= 15 is 0 Å². The van der Waals surface area contributed by atoms with Gasteiger partial charge in [-0.25, -0.2) is 0 Å². The summed E-state index contributed by atoms with van der Waals surface area (Å²) in [6.45, 7) is 0.800. The fraction of sp³-hybridized carbons (Fsp3) is 0.368. The molecule has 2 aromatic rings. The van der Waals surface area contributed by atoms with Gasteiger partial charge in [-0.2, -0.15) is 0 Å². The summed E-state index contributed by atoms with van der Waals surface area (Å²) in [6, 6.07) is 9.85. The Morgan fingerprint density at radius 1 is 1.20 bits per heavy atom. The number of methoxy groups -OCH3 is 2. The number of rotatable bonds is 6. The molecule has 0 aliphatic carbocycles. The van der Waals surface area contributed by atoms with Crippen LogP contribution in [0.15, 0.2) is 47.6 Å². The minimum atomic E-state index is 0.102. The molecule has 3 rings (SSSR count). The Kier molecular flexibility index (Phi) is 5.81. The van der Waals surface area contributed by atoms with E-state index in [2.05, 4.69) is 4.98 Å². The third-order valence-corrected chi connectivity index (χ3v) is 5.37. The minimum Gasteiger partial charge on any atom is -0.493 e. The van der Waals surface area contributed by atoms with Crippen LogP contribution in [0.5, 0.6) is 11.5 Å². The molecule has 1 atom stereocenters. The molecule has 5 nitrogen and oxygen atoms in total. The number of likely N-dealkylation sites (tertiary alicyclic amines) is 1. The maximum atomic E-state index is 12.7. The molecule has 1 aromatic heterocycles. The molecule has 0 radical (unpaired) electrons. The third-order valence-electron chi connectivity index (χ3n) is 4.38. The van der Waals surface area contributed by atoms with Crippen molar-refractivity contribution in [3.8, 4) is 11.5 Å². The smallest absolute Gasteiger partial charge is 0.233 e. The van der Waals surface area contributed by atoms with E-state index in [-0.39, 0.29) is 11.9 Å². The van der Waals surface area contributed by atoms with E-state index in [1.165, 1.54) is 0 Å². The number of hydrogen-bond acceptors (Lipinski definition) is 5. The molecular formula is C19H22N2O3S. The van der Waals surface area contributed by atoms with Crippen LogP contribution in [0.25, 0.3) is 0 Å². The van der Waals surface area contributed by atoms with Crippen LogP contribution in [0, 0.1) is 0 Å². The van der Waals surface area contributed by atoms with Crippen LogP contribution in [0.4, 0.5) is 0 Å². The van der Waals surface area contributed by atoms with Gasteiger partial charge in [0, 0.05) is 23.8 Å². The summed E-state index contributed by atoms with van der Waals surface area (Å²) >= 11 is 1.55. The van der Waals surface area contributed by atoms with Crippen molar-refractivity contribution in [1.82, 2.24) is 9.88 Å². The molecule has 1 aliphatic rings. The third kappa shape index (κ3) is 4.07. The Balaban J connectivity index is 1.70. The lowest BCUT2D eigenvalue weighted by Crippen LogP contribution is -2.32. The first-order valence-electron chi connectivity index (χ1n) is 8.27. The second kappa shape index (κ2) is 8.25. The van der Waals surface area contributed by atoms with Gasteiger partial charge in [0.2, 0.25) is 5.91 Å². The van der Waals surface area contributed by atoms with Crippen molar-refractivity contribution >= 4 is 17.7 Å². The Morgan fingerprint density at radius 3 is 2.68 bits per heavy atom. The quantitative estimate of drug-likeness (QED) is 0.739. The summed E-state index contributed by atoms with van der Waals surface area (Å²) in [5, 5.41) is 0. The highest BCUT2D eigenvalue weighted by Gasteiger charge is 2.30. The van der Waals surface area contributed by atoms with Crippen LogP contribution in [-0.2, 0) is 4.79 Å². The van der Waals surface area contributed by atoms with Crippen molar-refractivity contribution in [2.45, 2.75) is 23.8 Å². The molecule has 0 N–H and O–H groups in total. The van der Waals surface area contributed by atoms with E-state index < -0.39 is 0 Å². The second-order valence-electron chi connectivity index (χ2n) is 5.83. The summed E-state index contributed by atoms with van der Waals surface area (Å²) in [5.74, 6) is 2.01. The van der Waals surface area contributed by atoms with E-state index in [4.69, 9.17) is 9.47 Å². The van der Waals surface area contributed by atoms with Crippen LogP contribution in [-0.4, -0.2) is 42.3 Å². The van der Waals surface area contributed by atoms with Gasteiger partial charge in [-0.05, 0) is 42.7 Å². The molecular weight excluding hydrogens is 336 g/mol. The summed E-state index contributed by atoms with van der Waals surface area (Å²) in [6.07, 6.45) is 5.48.